The Labute approximate surface area is 225 Å². The molecule has 0 spiro atoms. The molecule has 0 saturated carbocycles. The third-order valence-corrected chi connectivity index (χ3v) is 6.61. The zero-order valence-electron chi connectivity index (χ0n) is 23.3. The number of likely N-dealkylation sites (tertiary alicyclic amines) is 1. The average Bonchev–Trinajstić information content (AvgIpc) is 3.16. The van der Waals surface area contributed by atoms with Gasteiger partial charge in [0.1, 0.15) is 11.5 Å². The number of carbonyl (C=O) groups is 2. The van der Waals surface area contributed by atoms with Gasteiger partial charge < -0.3 is 29.1 Å². The first kappa shape index (κ1) is 29.0. The summed E-state index contributed by atoms with van der Waals surface area (Å²) in [5, 5.41) is 11.4. The Morgan fingerprint density at radius 3 is 2.29 bits per heavy atom. The van der Waals surface area contributed by atoms with E-state index in [0.717, 1.165) is 19.6 Å². The van der Waals surface area contributed by atoms with E-state index in [4.69, 9.17) is 14.2 Å². The van der Waals surface area contributed by atoms with Crippen molar-refractivity contribution in [1.29, 1.82) is 0 Å². The summed E-state index contributed by atoms with van der Waals surface area (Å²) in [5.41, 5.74) is 1.15. The molecule has 1 atom stereocenters. The van der Waals surface area contributed by atoms with Gasteiger partial charge in [-0.05, 0) is 88.8 Å². The lowest BCUT2D eigenvalue weighted by Gasteiger charge is -2.27. The molecule has 3 rings (SSSR count). The number of Topliss-reactive ketones (excluding diaryl/α,β-unsaturated/α-hetero) is 1. The van der Waals surface area contributed by atoms with Crippen molar-refractivity contribution in [3.63, 3.8) is 0 Å². The van der Waals surface area contributed by atoms with E-state index in [2.05, 4.69) is 18.7 Å². The van der Waals surface area contributed by atoms with Gasteiger partial charge >= 0.3 is 0 Å². The molecule has 206 valence electrons. The fourth-order valence-corrected chi connectivity index (χ4v) is 4.71. The first-order chi connectivity index (χ1) is 18.2. The van der Waals surface area contributed by atoms with E-state index in [9.17, 15) is 14.7 Å². The molecule has 1 saturated heterocycles. The van der Waals surface area contributed by atoms with Crippen LogP contribution in [0.25, 0.3) is 5.76 Å². The zero-order valence-corrected chi connectivity index (χ0v) is 23.3. The van der Waals surface area contributed by atoms with E-state index >= 15 is 0 Å². The normalized spacial score (nSPS) is 16.9. The molecule has 1 heterocycles. The van der Waals surface area contributed by atoms with E-state index < -0.39 is 17.7 Å². The second kappa shape index (κ2) is 13.3. The predicted molar refractivity (Wildman–Crippen MR) is 148 cm³/mol. The molecule has 1 aliphatic heterocycles. The molecule has 38 heavy (non-hydrogen) atoms. The number of ether oxygens (including phenoxy) is 3. The Morgan fingerprint density at radius 1 is 1.03 bits per heavy atom. The number of aliphatic hydroxyl groups is 1. The molecule has 2 aromatic rings. The first-order valence-electron chi connectivity index (χ1n) is 13.3. The Balaban J connectivity index is 2.06. The topological polar surface area (TPSA) is 88.5 Å². The monoisotopic (exact) mass is 524 g/mol. The first-order valence-corrected chi connectivity index (χ1v) is 13.3. The van der Waals surface area contributed by atoms with Gasteiger partial charge in [-0.3, -0.25) is 9.59 Å². The molecule has 2 aromatic carbocycles. The summed E-state index contributed by atoms with van der Waals surface area (Å²) in [7, 11) is 1.55. The smallest absolute Gasteiger partial charge is 0.295 e. The van der Waals surface area contributed by atoms with Crippen molar-refractivity contribution in [2.24, 2.45) is 0 Å². The van der Waals surface area contributed by atoms with E-state index in [-0.39, 0.29) is 17.4 Å². The largest absolute Gasteiger partial charge is 0.507 e. The molecule has 0 bridgehead atoms. The summed E-state index contributed by atoms with van der Waals surface area (Å²) >= 11 is 0. The van der Waals surface area contributed by atoms with Crippen LogP contribution >= 0.6 is 0 Å². The lowest BCUT2D eigenvalue weighted by molar-refractivity contribution is -0.140. The Morgan fingerprint density at radius 2 is 1.71 bits per heavy atom. The number of carbonyl (C=O) groups excluding carboxylic acids is 2. The number of ketones is 1. The third kappa shape index (κ3) is 6.48. The molecule has 0 radical (unpaired) electrons. The number of benzene rings is 2. The number of amides is 1. The van der Waals surface area contributed by atoms with Crippen molar-refractivity contribution in [2.45, 2.75) is 53.2 Å². The van der Waals surface area contributed by atoms with Crippen molar-refractivity contribution < 1.29 is 28.9 Å². The van der Waals surface area contributed by atoms with Crippen LogP contribution in [0.2, 0.25) is 0 Å². The van der Waals surface area contributed by atoms with Gasteiger partial charge in [-0.15, -0.1) is 0 Å². The van der Waals surface area contributed by atoms with Crippen LogP contribution in [0.3, 0.4) is 0 Å². The molecule has 1 amide bonds. The Hall–Kier alpha value is -3.52. The molecule has 0 aromatic heterocycles. The van der Waals surface area contributed by atoms with Gasteiger partial charge in [0, 0.05) is 12.1 Å². The predicted octanol–water partition coefficient (Wildman–Crippen LogP) is 5.03. The summed E-state index contributed by atoms with van der Waals surface area (Å²) in [6.45, 7) is 13.4. The maximum absolute atomic E-state index is 13.4. The Kier molecular flexibility index (Phi) is 10.2. The zero-order chi connectivity index (χ0) is 27.8. The number of hydrogen-bond acceptors (Lipinski definition) is 7. The molecular formula is C30H40N2O6. The molecule has 0 unspecified atom stereocenters. The Bertz CT molecular complexity index is 1140. The van der Waals surface area contributed by atoms with Gasteiger partial charge in [0.25, 0.3) is 11.7 Å². The van der Waals surface area contributed by atoms with Gasteiger partial charge in [-0.1, -0.05) is 19.9 Å². The summed E-state index contributed by atoms with van der Waals surface area (Å²) in [5.74, 6) is 0.172. The second-order valence-corrected chi connectivity index (χ2v) is 9.41. The number of hydrogen-bond donors (Lipinski definition) is 1. The molecule has 0 aliphatic carbocycles. The highest BCUT2D eigenvalue weighted by Gasteiger charge is 2.46. The number of nitrogens with zero attached hydrogens (tertiary/aromatic N) is 2. The SMILES string of the molecule is CCOc1ccc([C@H]2C(=C(O)c3ccc(OC(C)C)cc3)C(=O)C(=O)N2CCCN(CC)CC)cc1OC. The molecular weight excluding hydrogens is 484 g/mol. The highest BCUT2D eigenvalue weighted by molar-refractivity contribution is 6.46. The van der Waals surface area contributed by atoms with Crippen molar-refractivity contribution in [2.75, 3.05) is 39.9 Å². The maximum atomic E-state index is 13.4. The van der Waals surface area contributed by atoms with Crippen molar-refractivity contribution >= 4 is 17.4 Å². The van der Waals surface area contributed by atoms with Crippen LogP contribution in [0.15, 0.2) is 48.0 Å². The fraction of sp³-hybridized carbons (Fsp3) is 0.467. The van der Waals surface area contributed by atoms with Crippen LogP contribution in [-0.4, -0.2) is 72.6 Å². The summed E-state index contributed by atoms with van der Waals surface area (Å²) in [4.78, 5) is 30.5. The number of methoxy groups -OCH3 is 1. The standard InChI is InChI=1S/C30H40N2O6/c1-7-31(8-2)17-10-18-32-27(22-13-16-24(37-9-3)25(19-22)36-6)26(29(34)30(32)35)28(33)21-11-14-23(15-12-21)38-20(4)5/h11-16,19-20,27,33H,7-10,17-18H2,1-6H3/t27-/m0/s1. The van der Waals surface area contributed by atoms with Gasteiger partial charge in [0.05, 0.1) is 31.4 Å². The minimum absolute atomic E-state index is 0.00533. The van der Waals surface area contributed by atoms with Gasteiger partial charge in [0.15, 0.2) is 11.5 Å². The third-order valence-electron chi connectivity index (χ3n) is 6.61. The lowest BCUT2D eigenvalue weighted by Crippen LogP contribution is -2.33. The minimum Gasteiger partial charge on any atom is -0.507 e. The molecule has 1 N–H and O–H groups in total. The van der Waals surface area contributed by atoms with Crippen LogP contribution in [0, 0.1) is 0 Å². The number of aliphatic hydroxyl groups excluding tert-OH is 1. The van der Waals surface area contributed by atoms with E-state index in [1.807, 2.05) is 26.8 Å². The van der Waals surface area contributed by atoms with Crippen LogP contribution in [0.5, 0.6) is 17.2 Å². The quantitative estimate of drug-likeness (QED) is 0.223. The van der Waals surface area contributed by atoms with E-state index in [1.54, 1.807) is 48.4 Å². The van der Waals surface area contributed by atoms with Crippen molar-refractivity contribution in [1.82, 2.24) is 9.80 Å². The van der Waals surface area contributed by atoms with Crippen molar-refractivity contribution in [3.8, 4) is 17.2 Å². The second-order valence-electron chi connectivity index (χ2n) is 9.41. The summed E-state index contributed by atoms with van der Waals surface area (Å²) < 4.78 is 16.9. The van der Waals surface area contributed by atoms with Crippen LogP contribution in [-0.2, 0) is 9.59 Å². The average molecular weight is 525 g/mol. The fourth-order valence-electron chi connectivity index (χ4n) is 4.71. The molecule has 8 nitrogen and oxygen atoms in total. The van der Waals surface area contributed by atoms with Crippen LogP contribution < -0.4 is 14.2 Å². The van der Waals surface area contributed by atoms with Gasteiger partial charge in [-0.25, -0.2) is 0 Å². The van der Waals surface area contributed by atoms with E-state index in [1.165, 1.54) is 0 Å². The van der Waals surface area contributed by atoms with Gasteiger partial charge in [0.2, 0.25) is 0 Å². The lowest BCUT2D eigenvalue weighted by atomic mass is 9.95. The molecule has 1 aliphatic rings. The highest BCUT2D eigenvalue weighted by Crippen LogP contribution is 2.42. The minimum atomic E-state index is -0.761. The van der Waals surface area contributed by atoms with Crippen LogP contribution in [0.4, 0.5) is 0 Å². The highest BCUT2D eigenvalue weighted by atomic mass is 16.5. The van der Waals surface area contributed by atoms with Crippen LogP contribution in [0.1, 0.15) is 58.2 Å². The van der Waals surface area contributed by atoms with E-state index in [0.29, 0.717) is 47.9 Å². The molecule has 1 fully saturated rings. The maximum Gasteiger partial charge on any atom is 0.295 e. The summed E-state index contributed by atoms with van der Waals surface area (Å²) in [6, 6.07) is 11.5. The molecule has 8 heteroatoms. The summed E-state index contributed by atoms with van der Waals surface area (Å²) in [6.07, 6.45) is 0.700. The van der Waals surface area contributed by atoms with Crippen molar-refractivity contribution in [3.05, 3.63) is 59.2 Å². The van der Waals surface area contributed by atoms with Gasteiger partial charge in [-0.2, -0.15) is 0 Å². The number of rotatable bonds is 13.